The highest BCUT2D eigenvalue weighted by atomic mass is 16.6. The number of carbonyl (C=O) groups excluding carboxylic acids is 2. The largest absolute Gasteiger partial charge is 0.456 e. The molecule has 122 valence electrons. The van der Waals surface area contributed by atoms with Crippen molar-refractivity contribution < 1.29 is 14.3 Å². The van der Waals surface area contributed by atoms with Crippen molar-refractivity contribution in [3.8, 4) is 0 Å². The molecular formula is C17H26N2O3. The summed E-state index contributed by atoms with van der Waals surface area (Å²) in [5.74, 6) is -0.662. The average molecular weight is 306 g/mol. The fourth-order valence-corrected chi connectivity index (χ4v) is 1.29. The molecule has 0 aliphatic rings. The third-order valence-corrected chi connectivity index (χ3v) is 2.16. The highest BCUT2D eigenvalue weighted by molar-refractivity contribution is 5.89. The maximum atomic E-state index is 11.4. The molecule has 5 heteroatoms. The number of hydrogen-bond acceptors (Lipinski definition) is 4. The summed E-state index contributed by atoms with van der Waals surface area (Å²) in [6.45, 7) is 6.32. The zero-order chi connectivity index (χ0) is 17.2. The second-order valence-corrected chi connectivity index (χ2v) is 5.93. The van der Waals surface area contributed by atoms with E-state index in [0.717, 1.165) is 6.54 Å². The fourth-order valence-electron chi connectivity index (χ4n) is 1.29. The molecule has 1 rings (SSSR count). The number of nitrogens with zero attached hydrogens (tertiary/aromatic N) is 1. The Labute approximate surface area is 132 Å². The van der Waals surface area contributed by atoms with Gasteiger partial charge in [-0.2, -0.15) is 0 Å². The van der Waals surface area contributed by atoms with Crippen LogP contribution >= 0.6 is 0 Å². The topological polar surface area (TPSA) is 72.6 Å². The van der Waals surface area contributed by atoms with Gasteiger partial charge in [-0.25, -0.2) is 4.79 Å². The smallest absolute Gasteiger partial charge is 0.338 e. The number of nitrogens with two attached hydrogens (primary N) is 1. The monoisotopic (exact) mass is 306 g/mol. The van der Waals surface area contributed by atoms with E-state index in [0.29, 0.717) is 5.56 Å². The molecule has 2 N–H and O–H groups in total. The maximum Gasteiger partial charge on any atom is 0.338 e. The molecular weight excluding hydrogens is 280 g/mol. The summed E-state index contributed by atoms with van der Waals surface area (Å²) in [4.78, 5) is 23.5. The highest BCUT2D eigenvalue weighted by Crippen LogP contribution is 2.11. The van der Waals surface area contributed by atoms with Crippen molar-refractivity contribution in [2.75, 3.05) is 20.6 Å². The average Bonchev–Trinajstić information content (AvgIpc) is 2.37. The number of ether oxygens (including phenoxy) is 1. The molecule has 0 radical (unpaired) electrons. The van der Waals surface area contributed by atoms with Crippen LogP contribution in [0.15, 0.2) is 42.5 Å². The van der Waals surface area contributed by atoms with Gasteiger partial charge in [-0.1, -0.05) is 24.3 Å². The standard InChI is InChI=1S/C11H14O2.C6H12N2O/c1-11(2,3)13-10(12)9-7-5-4-6-8-9;1-8(2)5-3-4-6(7)9/h4-8H,1-3H3;3-4H,5H2,1-2H3,(H2,7,9)/b;4-3+. The summed E-state index contributed by atoms with van der Waals surface area (Å²) in [5, 5.41) is 0. The Hall–Kier alpha value is -2.14. The summed E-state index contributed by atoms with van der Waals surface area (Å²) in [7, 11) is 3.84. The van der Waals surface area contributed by atoms with E-state index in [-0.39, 0.29) is 5.97 Å². The maximum absolute atomic E-state index is 11.4. The fraction of sp³-hybridized carbons (Fsp3) is 0.412. The zero-order valence-electron chi connectivity index (χ0n) is 14.0. The van der Waals surface area contributed by atoms with E-state index < -0.39 is 11.5 Å². The molecule has 0 saturated heterocycles. The number of esters is 1. The molecule has 1 aromatic rings. The normalized spacial score (nSPS) is 11.0. The molecule has 0 heterocycles. The van der Waals surface area contributed by atoms with Crippen LogP contribution in [0.1, 0.15) is 31.1 Å². The zero-order valence-corrected chi connectivity index (χ0v) is 14.0. The van der Waals surface area contributed by atoms with E-state index in [1.54, 1.807) is 18.2 Å². The van der Waals surface area contributed by atoms with Crippen molar-refractivity contribution >= 4 is 11.9 Å². The first kappa shape index (κ1) is 19.9. The van der Waals surface area contributed by atoms with E-state index in [2.05, 4.69) is 0 Å². The van der Waals surface area contributed by atoms with Gasteiger partial charge >= 0.3 is 5.97 Å². The summed E-state index contributed by atoms with van der Waals surface area (Å²) in [6, 6.07) is 8.99. The van der Waals surface area contributed by atoms with E-state index in [9.17, 15) is 9.59 Å². The van der Waals surface area contributed by atoms with E-state index in [4.69, 9.17) is 10.5 Å². The number of hydrogen-bond donors (Lipinski definition) is 1. The van der Waals surface area contributed by atoms with Crippen LogP contribution in [0, 0.1) is 0 Å². The first-order chi connectivity index (χ1) is 10.1. The second-order valence-electron chi connectivity index (χ2n) is 5.93. The highest BCUT2D eigenvalue weighted by Gasteiger charge is 2.16. The number of benzene rings is 1. The number of rotatable bonds is 4. The Kier molecular flexibility index (Phi) is 8.79. The van der Waals surface area contributed by atoms with Crippen molar-refractivity contribution in [3.63, 3.8) is 0 Å². The molecule has 0 fully saturated rings. The summed E-state index contributed by atoms with van der Waals surface area (Å²) in [5.41, 5.74) is 5.01. The van der Waals surface area contributed by atoms with E-state index in [1.165, 1.54) is 6.08 Å². The third kappa shape index (κ3) is 11.7. The lowest BCUT2D eigenvalue weighted by Crippen LogP contribution is -2.23. The van der Waals surface area contributed by atoms with Gasteiger partial charge in [0, 0.05) is 6.54 Å². The Balaban J connectivity index is 0.000000433. The van der Waals surface area contributed by atoms with Gasteiger partial charge in [0.1, 0.15) is 5.60 Å². The van der Waals surface area contributed by atoms with Crippen LogP contribution in [-0.2, 0) is 9.53 Å². The Morgan fingerprint density at radius 2 is 1.73 bits per heavy atom. The minimum absolute atomic E-state index is 0.270. The summed E-state index contributed by atoms with van der Waals surface area (Å²) in [6.07, 6.45) is 3.09. The SMILES string of the molecule is CC(C)(C)OC(=O)c1ccccc1.CN(C)C/C=C/C(N)=O. The van der Waals surface area contributed by atoms with E-state index in [1.807, 2.05) is 58.0 Å². The predicted molar refractivity (Wildman–Crippen MR) is 88.5 cm³/mol. The quantitative estimate of drug-likeness (QED) is 0.684. The van der Waals surface area contributed by atoms with Crippen molar-refractivity contribution in [1.82, 2.24) is 4.90 Å². The van der Waals surface area contributed by atoms with Crippen LogP contribution < -0.4 is 5.73 Å². The van der Waals surface area contributed by atoms with Crippen molar-refractivity contribution in [2.45, 2.75) is 26.4 Å². The second kappa shape index (κ2) is 9.73. The summed E-state index contributed by atoms with van der Waals surface area (Å²) >= 11 is 0. The number of carbonyl (C=O) groups is 2. The van der Waals surface area contributed by atoms with Crippen LogP contribution in [-0.4, -0.2) is 43.0 Å². The lowest BCUT2D eigenvalue weighted by Gasteiger charge is -2.19. The number of amides is 1. The lowest BCUT2D eigenvalue weighted by molar-refractivity contribution is -0.113. The predicted octanol–water partition coefficient (Wildman–Crippen LogP) is 2.23. The summed E-state index contributed by atoms with van der Waals surface area (Å²) < 4.78 is 5.18. The van der Waals surface area contributed by atoms with Crippen LogP contribution in [0.25, 0.3) is 0 Å². The van der Waals surface area contributed by atoms with Crippen molar-refractivity contribution in [2.24, 2.45) is 5.73 Å². The molecule has 0 aliphatic carbocycles. The molecule has 0 aliphatic heterocycles. The van der Waals surface area contributed by atoms with Crippen LogP contribution in [0.3, 0.4) is 0 Å². The van der Waals surface area contributed by atoms with Gasteiger partial charge < -0.3 is 15.4 Å². The molecule has 0 unspecified atom stereocenters. The van der Waals surface area contributed by atoms with Gasteiger partial charge in [-0.15, -0.1) is 0 Å². The van der Waals surface area contributed by atoms with E-state index >= 15 is 0 Å². The minimum Gasteiger partial charge on any atom is -0.456 e. The van der Waals surface area contributed by atoms with Crippen molar-refractivity contribution in [3.05, 3.63) is 48.0 Å². The molecule has 1 aromatic carbocycles. The molecule has 1 amide bonds. The number of likely N-dealkylation sites (N-methyl/N-ethyl adjacent to an activating group) is 1. The van der Waals surface area contributed by atoms with Gasteiger partial charge in [-0.05, 0) is 53.1 Å². The molecule has 22 heavy (non-hydrogen) atoms. The molecule has 0 saturated carbocycles. The molecule has 5 nitrogen and oxygen atoms in total. The molecule has 0 aromatic heterocycles. The Morgan fingerprint density at radius 1 is 1.18 bits per heavy atom. The lowest BCUT2D eigenvalue weighted by atomic mass is 10.2. The Morgan fingerprint density at radius 3 is 2.14 bits per heavy atom. The molecule has 0 spiro atoms. The van der Waals surface area contributed by atoms with Crippen LogP contribution in [0.4, 0.5) is 0 Å². The van der Waals surface area contributed by atoms with Crippen LogP contribution in [0.5, 0.6) is 0 Å². The van der Waals surface area contributed by atoms with Gasteiger partial charge in [-0.3, -0.25) is 4.79 Å². The molecule has 0 atom stereocenters. The van der Waals surface area contributed by atoms with Gasteiger partial charge in [0.2, 0.25) is 5.91 Å². The number of primary amides is 1. The van der Waals surface area contributed by atoms with Crippen LogP contribution in [0.2, 0.25) is 0 Å². The molecule has 0 bridgehead atoms. The van der Waals surface area contributed by atoms with Gasteiger partial charge in [0.15, 0.2) is 0 Å². The Bertz CT molecular complexity index is 488. The van der Waals surface area contributed by atoms with Crippen molar-refractivity contribution in [1.29, 1.82) is 0 Å². The van der Waals surface area contributed by atoms with Gasteiger partial charge in [0.25, 0.3) is 0 Å². The first-order valence-corrected chi connectivity index (χ1v) is 7.01. The van der Waals surface area contributed by atoms with Gasteiger partial charge in [0.05, 0.1) is 5.56 Å². The first-order valence-electron chi connectivity index (χ1n) is 7.01. The third-order valence-electron chi connectivity index (χ3n) is 2.16. The minimum atomic E-state index is -0.424.